The van der Waals surface area contributed by atoms with Crippen LogP contribution in [0.5, 0.6) is 0 Å². The van der Waals surface area contributed by atoms with Crippen molar-refractivity contribution in [2.75, 3.05) is 5.32 Å². The Bertz CT molecular complexity index is 645. The largest absolute Gasteiger partial charge is 0.350 e. The van der Waals surface area contributed by atoms with Gasteiger partial charge in [-0.25, -0.2) is 0 Å². The van der Waals surface area contributed by atoms with Crippen molar-refractivity contribution in [1.29, 1.82) is 0 Å². The number of para-hydroxylation sites is 1. The SMILES string of the molecule is Cc1ccc(Nc2cccc(Cl)c2[N+](=O)[O-])cc1Cl. The van der Waals surface area contributed by atoms with Gasteiger partial charge in [-0.3, -0.25) is 10.1 Å². The van der Waals surface area contributed by atoms with Crippen molar-refractivity contribution in [3.8, 4) is 0 Å². The quantitative estimate of drug-likeness (QED) is 0.644. The standard InChI is InChI=1S/C13H10Cl2N2O2/c1-8-5-6-9(7-11(8)15)16-12-4-2-3-10(14)13(12)17(18)19/h2-7,16H,1H3. The molecule has 0 saturated carbocycles. The molecule has 0 aromatic heterocycles. The molecule has 0 bridgehead atoms. The van der Waals surface area contributed by atoms with E-state index in [1.165, 1.54) is 6.07 Å². The molecule has 0 amide bonds. The van der Waals surface area contributed by atoms with E-state index < -0.39 is 4.92 Å². The van der Waals surface area contributed by atoms with Crippen molar-refractivity contribution in [3.63, 3.8) is 0 Å². The molecule has 0 aliphatic carbocycles. The fraction of sp³-hybridized carbons (Fsp3) is 0.0769. The predicted molar refractivity (Wildman–Crippen MR) is 77.6 cm³/mol. The highest BCUT2D eigenvalue weighted by Gasteiger charge is 2.18. The minimum atomic E-state index is -0.513. The van der Waals surface area contributed by atoms with E-state index in [2.05, 4.69) is 5.32 Å². The summed E-state index contributed by atoms with van der Waals surface area (Å²) in [5, 5.41) is 14.6. The highest BCUT2D eigenvalue weighted by atomic mass is 35.5. The van der Waals surface area contributed by atoms with Crippen molar-refractivity contribution < 1.29 is 4.92 Å². The summed E-state index contributed by atoms with van der Waals surface area (Å²) in [6.07, 6.45) is 0. The summed E-state index contributed by atoms with van der Waals surface area (Å²) in [7, 11) is 0. The van der Waals surface area contributed by atoms with Crippen LogP contribution in [-0.2, 0) is 0 Å². The molecule has 0 unspecified atom stereocenters. The first-order chi connectivity index (χ1) is 8.99. The van der Waals surface area contributed by atoms with Crippen LogP contribution in [-0.4, -0.2) is 4.92 Å². The van der Waals surface area contributed by atoms with Crippen LogP contribution in [0.2, 0.25) is 10.0 Å². The molecule has 1 N–H and O–H groups in total. The van der Waals surface area contributed by atoms with Crippen LogP contribution in [0.15, 0.2) is 36.4 Å². The number of aryl methyl sites for hydroxylation is 1. The van der Waals surface area contributed by atoms with E-state index in [-0.39, 0.29) is 10.7 Å². The van der Waals surface area contributed by atoms with Gasteiger partial charge in [-0.05, 0) is 36.8 Å². The molecule has 0 saturated heterocycles. The van der Waals surface area contributed by atoms with E-state index in [0.29, 0.717) is 16.4 Å². The number of hydrogen-bond donors (Lipinski definition) is 1. The summed E-state index contributed by atoms with van der Waals surface area (Å²) in [6.45, 7) is 1.88. The van der Waals surface area contributed by atoms with Gasteiger partial charge in [0.2, 0.25) is 0 Å². The summed E-state index contributed by atoms with van der Waals surface area (Å²) < 4.78 is 0. The number of anilines is 2. The zero-order valence-electron chi connectivity index (χ0n) is 9.98. The number of nitro benzene ring substituents is 1. The van der Waals surface area contributed by atoms with Gasteiger partial charge in [-0.15, -0.1) is 0 Å². The van der Waals surface area contributed by atoms with Crippen LogP contribution in [0, 0.1) is 17.0 Å². The Morgan fingerprint density at radius 2 is 1.89 bits per heavy atom. The monoisotopic (exact) mass is 296 g/mol. The second-order valence-electron chi connectivity index (χ2n) is 3.98. The summed E-state index contributed by atoms with van der Waals surface area (Å²) in [5.41, 5.74) is 1.78. The van der Waals surface area contributed by atoms with Crippen molar-refractivity contribution in [2.24, 2.45) is 0 Å². The van der Waals surface area contributed by atoms with Gasteiger partial charge in [0.15, 0.2) is 0 Å². The third-order valence-corrected chi connectivity index (χ3v) is 3.33. The number of nitrogens with one attached hydrogen (secondary N) is 1. The number of rotatable bonds is 3. The van der Waals surface area contributed by atoms with E-state index in [1.54, 1.807) is 24.3 Å². The Hall–Kier alpha value is -1.78. The van der Waals surface area contributed by atoms with Crippen LogP contribution in [0.1, 0.15) is 5.56 Å². The minimum Gasteiger partial charge on any atom is -0.350 e. The van der Waals surface area contributed by atoms with Crippen molar-refractivity contribution >= 4 is 40.3 Å². The summed E-state index contributed by atoms with van der Waals surface area (Å²) in [4.78, 5) is 10.5. The van der Waals surface area contributed by atoms with E-state index in [1.807, 2.05) is 13.0 Å². The van der Waals surface area contributed by atoms with Gasteiger partial charge in [0.1, 0.15) is 10.7 Å². The lowest BCUT2D eigenvalue weighted by atomic mass is 10.2. The Morgan fingerprint density at radius 3 is 2.53 bits per heavy atom. The Kier molecular flexibility index (Phi) is 3.93. The van der Waals surface area contributed by atoms with Gasteiger partial charge in [0, 0.05) is 10.7 Å². The summed E-state index contributed by atoms with van der Waals surface area (Å²) in [6, 6.07) is 10.1. The fourth-order valence-electron chi connectivity index (χ4n) is 1.63. The molecule has 0 aliphatic heterocycles. The van der Waals surface area contributed by atoms with Crippen LogP contribution >= 0.6 is 23.2 Å². The molecule has 19 heavy (non-hydrogen) atoms. The summed E-state index contributed by atoms with van der Waals surface area (Å²) >= 11 is 11.9. The van der Waals surface area contributed by atoms with E-state index in [4.69, 9.17) is 23.2 Å². The van der Waals surface area contributed by atoms with Crippen molar-refractivity contribution in [3.05, 3.63) is 62.1 Å². The zero-order valence-corrected chi connectivity index (χ0v) is 11.5. The average Bonchev–Trinajstić information content (AvgIpc) is 2.33. The van der Waals surface area contributed by atoms with Gasteiger partial charge >= 0.3 is 5.69 Å². The van der Waals surface area contributed by atoms with Gasteiger partial charge in [-0.1, -0.05) is 35.3 Å². The third-order valence-electron chi connectivity index (χ3n) is 2.62. The third kappa shape index (κ3) is 2.97. The fourth-order valence-corrected chi connectivity index (χ4v) is 2.05. The number of benzene rings is 2. The topological polar surface area (TPSA) is 55.2 Å². The van der Waals surface area contributed by atoms with Gasteiger partial charge in [0.25, 0.3) is 0 Å². The summed E-state index contributed by atoms with van der Waals surface area (Å²) in [5.74, 6) is 0. The molecule has 0 atom stereocenters. The number of nitrogens with zero attached hydrogens (tertiary/aromatic N) is 1. The molecule has 2 rings (SSSR count). The smallest absolute Gasteiger partial charge is 0.311 e. The Balaban J connectivity index is 2.40. The lowest BCUT2D eigenvalue weighted by molar-refractivity contribution is -0.383. The molecule has 2 aromatic carbocycles. The van der Waals surface area contributed by atoms with Gasteiger partial charge in [0.05, 0.1) is 4.92 Å². The Labute approximate surface area is 120 Å². The number of nitro groups is 1. The first-order valence-corrected chi connectivity index (χ1v) is 6.20. The number of hydrogen-bond acceptors (Lipinski definition) is 3. The molecular weight excluding hydrogens is 287 g/mol. The zero-order chi connectivity index (χ0) is 14.0. The van der Waals surface area contributed by atoms with Crippen molar-refractivity contribution in [1.82, 2.24) is 0 Å². The highest BCUT2D eigenvalue weighted by Crippen LogP contribution is 2.34. The maximum absolute atomic E-state index is 11.0. The molecule has 98 valence electrons. The maximum atomic E-state index is 11.0. The molecule has 4 nitrogen and oxygen atoms in total. The molecule has 2 aromatic rings. The molecule has 0 spiro atoms. The van der Waals surface area contributed by atoms with Crippen LogP contribution in [0.25, 0.3) is 0 Å². The van der Waals surface area contributed by atoms with Gasteiger partial charge < -0.3 is 5.32 Å². The normalized spacial score (nSPS) is 10.3. The molecule has 0 heterocycles. The van der Waals surface area contributed by atoms with Crippen LogP contribution in [0.3, 0.4) is 0 Å². The molecular formula is C13H10Cl2N2O2. The molecule has 0 radical (unpaired) electrons. The first kappa shape index (κ1) is 13.6. The second-order valence-corrected chi connectivity index (χ2v) is 4.80. The van der Waals surface area contributed by atoms with Crippen LogP contribution in [0.4, 0.5) is 17.1 Å². The predicted octanol–water partition coefficient (Wildman–Crippen LogP) is 4.95. The van der Waals surface area contributed by atoms with E-state index in [0.717, 1.165) is 5.56 Å². The second kappa shape index (κ2) is 5.47. The maximum Gasteiger partial charge on any atom is 0.311 e. The Morgan fingerprint density at radius 1 is 1.16 bits per heavy atom. The lowest BCUT2D eigenvalue weighted by Crippen LogP contribution is -1.97. The van der Waals surface area contributed by atoms with E-state index >= 15 is 0 Å². The van der Waals surface area contributed by atoms with Crippen LogP contribution < -0.4 is 5.32 Å². The molecule has 0 fully saturated rings. The van der Waals surface area contributed by atoms with Crippen molar-refractivity contribution in [2.45, 2.75) is 6.92 Å². The van der Waals surface area contributed by atoms with E-state index in [9.17, 15) is 10.1 Å². The molecule has 6 heteroatoms. The average molecular weight is 297 g/mol. The highest BCUT2D eigenvalue weighted by molar-refractivity contribution is 6.33. The minimum absolute atomic E-state index is 0.0909. The van der Waals surface area contributed by atoms with Gasteiger partial charge in [-0.2, -0.15) is 0 Å². The lowest BCUT2D eigenvalue weighted by Gasteiger charge is -2.09. The first-order valence-electron chi connectivity index (χ1n) is 5.45. The molecule has 0 aliphatic rings. The number of halogens is 2.